The molecular formula is C15H16N2O2. The molecule has 0 amide bonds. The number of ketones is 1. The summed E-state index contributed by atoms with van der Waals surface area (Å²) in [5.41, 5.74) is 0.740. The third-order valence-corrected chi connectivity index (χ3v) is 4.12. The van der Waals surface area contributed by atoms with E-state index in [2.05, 4.69) is 18.0 Å². The van der Waals surface area contributed by atoms with Crippen LogP contribution in [0.2, 0.25) is 0 Å². The van der Waals surface area contributed by atoms with E-state index in [4.69, 9.17) is 10.00 Å². The molecule has 19 heavy (non-hydrogen) atoms. The lowest BCUT2D eigenvalue weighted by Gasteiger charge is -2.43. The lowest BCUT2D eigenvalue weighted by molar-refractivity contribution is -0.00368. The summed E-state index contributed by atoms with van der Waals surface area (Å²) in [4.78, 5) is 14.6. The first-order valence-corrected chi connectivity index (χ1v) is 6.57. The van der Waals surface area contributed by atoms with Crippen LogP contribution in [0.25, 0.3) is 0 Å². The second-order valence-corrected chi connectivity index (χ2v) is 5.51. The van der Waals surface area contributed by atoms with Gasteiger partial charge in [0, 0.05) is 25.9 Å². The van der Waals surface area contributed by atoms with Crippen LogP contribution < -0.4 is 4.74 Å². The Kier molecular flexibility index (Phi) is 2.79. The molecule has 1 saturated heterocycles. The van der Waals surface area contributed by atoms with Gasteiger partial charge in [-0.15, -0.1) is 0 Å². The molecule has 98 valence electrons. The van der Waals surface area contributed by atoms with Crippen LogP contribution in [-0.2, 0) is 0 Å². The highest BCUT2D eigenvalue weighted by atomic mass is 16.5. The van der Waals surface area contributed by atoms with Crippen molar-refractivity contribution in [3.05, 3.63) is 29.3 Å². The van der Waals surface area contributed by atoms with Crippen molar-refractivity contribution in [2.75, 3.05) is 20.1 Å². The zero-order valence-electron chi connectivity index (χ0n) is 11.0. The molecule has 4 heteroatoms. The molecule has 0 radical (unpaired) electrons. The topological polar surface area (TPSA) is 53.3 Å². The molecule has 0 N–H and O–H groups in total. The Balaban J connectivity index is 1.93. The molecule has 0 atom stereocenters. The number of nitriles is 1. The van der Waals surface area contributed by atoms with Gasteiger partial charge in [0.1, 0.15) is 11.4 Å². The predicted molar refractivity (Wildman–Crippen MR) is 70.2 cm³/mol. The molecule has 0 unspecified atom stereocenters. The Bertz CT molecular complexity index is 566. The molecule has 0 aromatic heterocycles. The maximum absolute atomic E-state index is 12.3. The van der Waals surface area contributed by atoms with Gasteiger partial charge < -0.3 is 9.64 Å². The van der Waals surface area contributed by atoms with Crippen LogP contribution in [-0.4, -0.2) is 36.4 Å². The lowest BCUT2D eigenvalue weighted by atomic mass is 9.82. The second-order valence-electron chi connectivity index (χ2n) is 5.51. The van der Waals surface area contributed by atoms with Crippen LogP contribution in [0.4, 0.5) is 0 Å². The number of piperidine rings is 1. The highest BCUT2D eigenvalue weighted by Gasteiger charge is 2.42. The third kappa shape index (κ3) is 2.11. The van der Waals surface area contributed by atoms with Crippen LogP contribution in [0, 0.1) is 11.3 Å². The number of carbonyl (C=O) groups is 1. The van der Waals surface area contributed by atoms with Crippen LogP contribution >= 0.6 is 0 Å². The average molecular weight is 256 g/mol. The summed E-state index contributed by atoms with van der Waals surface area (Å²) in [6.07, 6.45) is 2.20. The molecule has 0 aliphatic carbocycles. The van der Waals surface area contributed by atoms with Gasteiger partial charge >= 0.3 is 0 Å². The SMILES string of the molecule is CN1CCC2(CC1)CC(=O)c1cc(C#N)ccc1O2. The van der Waals surface area contributed by atoms with Crippen molar-refractivity contribution in [3.8, 4) is 11.8 Å². The van der Waals surface area contributed by atoms with Gasteiger partial charge in [0.25, 0.3) is 0 Å². The van der Waals surface area contributed by atoms with E-state index in [0.29, 0.717) is 23.3 Å². The fraction of sp³-hybridized carbons (Fsp3) is 0.467. The highest BCUT2D eigenvalue weighted by Crippen LogP contribution is 2.39. The van der Waals surface area contributed by atoms with E-state index in [9.17, 15) is 4.79 Å². The Morgan fingerprint density at radius 2 is 2.11 bits per heavy atom. The fourth-order valence-corrected chi connectivity index (χ4v) is 2.87. The molecule has 1 aromatic carbocycles. The van der Waals surface area contributed by atoms with E-state index >= 15 is 0 Å². The highest BCUT2D eigenvalue weighted by molar-refractivity contribution is 6.00. The van der Waals surface area contributed by atoms with Gasteiger partial charge in [0.2, 0.25) is 0 Å². The Hall–Kier alpha value is -1.86. The van der Waals surface area contributed by atoms with E-state index in [-0.39, 0.29) is 11.4 Å². The largest absolute Gasteiger partial charge is 0.486 e. The number of nitrogens with zero attached hydrogens (tertiary/aromatic N) is 2. The van der Waals surface area contributed by atoms with Crippen LogP contribution in [0.1, 0.15) is 35.2 Å². The van der Waals surface area contributed by atoms with Crippen LogP contribution in [0.3, 0.4) is 0 Å². The number of fused-ring (bicyclic) bond motifs is 1. The normalized spacial score (nSPS) is 21.6. The quantitative estimate of drug-likeness (QED) is 0.712. The molecule has 1 spiro atoms. The van der Waals surface area contributed by atoms with Gasteiger partial charge in [-0.05, 0) is 25.2 Å². The zero-order valence-corrected chi connectivity index (χ0v) is 11.0. The number of carbonyl (C=O) groups excluding carboxylic acids is 1. The Labute approximate surface area is 112 Å². The number of ether oxygens (including phenoxy) is 1. The molecule has 2 heterocycles. The number of Topliss-reactive ketones (excluding diaryl/α,β-unsaturated/α-hetero) is 1. The maximum Gasteiger partial charge on any atom is 0.170 e. The summed E-state index contributed by atoms with van der Waals surface area (Å²) in [5, 5.41) is 8.89. The minimum Gasteiger partial charge on any atom is -0.486 e. The van der Waals surface area contributed by atoms with Crippen LogP contribution in [0.5, 0.6) is 5.75 Å². The number of rotatable bonds is 0. The molecule has 3 rings (SSSR count). The van der Waals surface area contributed by atoms with E-state index in [1.54, 1.807) is 18.2 Å². The summed E-state index contributed by atoms with van der Waals surface area (Å²) in [6.45, 7) is 1.91. The van der Waals surface area contributed by atoms with Gasteiger partial charge in [-0.1, -0.05) is 0 Å². The lowest BCUT2D eigenvalue weighted by Crippen LogP contribution is -2.50. The first-order chi connectivity index (χ1) is 9.12. The van der Waals surface area contributed by atoms with E-state index in [1.165, 1.54) is 0 Å². The van der Waals surface area contributed by atoms with E-state index in [0.717, 1.165) is 25.9 Å². The predicted octanol–water partition coefficient (Wildman–Crippen LogP) is 1.99. The average Bonchev–Trinajstić information content (AvgIpc) is 2.42. The summed E-state index contributed by atoms with van der Waals surface area (Å²) >= 11 is 0. The standard InChI is InChI=1S/C15H16N2O2/c1-17-6-4-15(5-7-17)9-13(18)12-8-11(10-16)2-3-14(12)19-15/h2-3,8H,4-7,9H2,1H3. The Morgan fingerprint density at radius 3 is 2.79 bits per heavy atom. The Morgan fingerprint density at radius 1 is 1.37 bits per heavy atom. The molecule has 4 nitrogen and oxygen atoms in total. The van der Waals surface area contributed by atoms with Crippen molar-refractivity contribution in [1.82, 2.24) is 4.90 Å². The van der Waals surface area contributed by atoms with Gasteiger partial charge in [-0.3, -0.25) is 4.79 Å². The smallest absolute Gasteiger partial charge is 0.170 e. The molecular weight excluding hydrogens is 240 g/mol. The minimum absolute atomic E-state index is 0.0999. The molecule has 0 saturated carbocycles. The summed E-state index contributed by atoms with van der Waals surface area (Å²) in [6, 6.07) is 7.16. The van der Waals surface area contributed by atoms with Crippen molar-refractivity contribution < 1.29 is 9.53 Å². The van der Waals surface area contributed by atoms with Crippen molar-refractivity contribution >= 4 is 5.78 Å². The van der Waals surface area contributed by atoms with Crippen molar-refractivity contribution in [2.24, 2.45) is 0 Å². The summed E-state index contributed by atoms with van der Waals surface area (Å²) in [7, 11) is 2.09. The third-order valence-electron chi connectivity index (χ3n) is 4.12. The van der Waals surface area contributed by atoms with Gasteiger partial charge in [0.05, 0.1) is 23.6 Å². The number of benzene rings is 1. The van der Waals surface area contributed by atoms with Gasteiger partial charge in [0.15, 0.2) is 5.78 Å². The summed E-state index contributed by atoms with van der Waals surface area (Å²) < 4.78 is 6.12. The molecule has 1 fully saturated rings. The van der Waals surface area contributed by atoms with Crippen molar-refractivity contribution in [3.63, 3.8) is 0 Å². The van der Waals surface area contributed by atoms with Gasteiger partial charge in [-0.25, -0.2) is 0 Å². The maximum atomic E-state index is 12.3. The number of likely N-dealkylation sites (tertiary alicyclic amines) is 1. The fourth-order valence-electron chi connectivity index (χ4n) is 2.87. The first kappa shape index (κ1) is 12.2. The number of hydrogen-bond donors (Lipinski definition) is 0. The number of hydrogen-bond acceptors (Lipinski definition) is 4. The molecule has 0 bridgehead atoms. The van der Waals surface area contributed by atoms with E-state index < -0.39 is 0 Å². The minimum atomic E-state index is -0.329. The monoisotopic (exact) mass is 256 g/mol. The van der Waals surface area contributed by atoms with Crippen molar-refractivity contribution in [1.29, 1.82) is 5.26 Å². The van der Waals surface area contributed by atoms with E-state index in [1.807, 2.05) is 0 Å². The van der Waals surface area contributed by atoms with Crippen LogP contribution in [0.15, 0.2) is 18.2 Å². The zero-order chi connectivity index (χ0) is 13.5. The molecule has 1 aromatic rings. The second kappa shape index (κ2) is 4.36. The molecule has 2 aliphatic rings. The first-order valence-electron chi connectivity index (χ1n) is 6.57. The van der Waals surface area contributed by atoms with Crippen molar-refractivity contribution in [2.45, 2.75) is 24.9 Å². The summed E-state index contributed by atoms with van der Waals surface area (Å²) in [5.74, 6) is 0.739. The van der Waals surface area contributed by atoms with Gasteiger partial charge in [-0.2, -0.15) is 5.26 Å². The molecule has 2 aliphatic heterocycles.